The number of nitrogens with zero attached hydrogens (tertiary/aromatic N) is 1. The summed E-state index contributed by atoms with van der Waals surface area (Å²) in [6, 6.07) is 7.04. The highest BCUT2D eigenvalue weighted by molar-refractivity contribution is 5.41. The first-order chi connectivity index (χ1) is 8.05. The third-order valence-corrected chi connectivity index (χ3v) is 2.81. The van der Waals surface area contributed by atoms with Crippen LogP contribution in [0.4, 0.5) is 14.5 Å². The highest BCUT2D eigenvalue weighted by Crippen LogP contribution is 2.26. The number of nitrogen functional groups attached to an aromatic ring is 1. The number of ether oxygens (including phenoxy) is 1. The number of hydrogen-bond acceptors (Lipinski definition) is 3. The Bertz CT molecular complexity index is 367. The number of halogens is 2. The minimum Gasteiger partial charge on any atom is -0.492 e. The summed E-state index contributed by atoms with van der Waals surface area (Å²) in [4.78, 5) is 1.72. The van der Waals surface area contributed by atoms with E-state index in [9.17, 15) is 8.78 Å². The molecule has 0 aromatic heterocycles. The maximum Gasteiger partial charge on any atom is 0.261 e. The van der Waals surface area contributed by atoms with Crippen molar-refractivity contribution in [3.8, 4) is 5.75 Å². The van der Waals surface area contributed by atoms with Crippen LogP contribution >= 0.6 is 0 Å². The summed E-state index contributed by atoms with van der Waals surface area (Å²) in [5.41, 5.74) is 6.21. The number of alkyl halides is 2. The van der Waals surface area contributed by atoms with Crippen molar-refractivity contribution in [2.75, 3.05) is 32.0 Å². The van der Waals surface area contributed by atoms with E-state index < -0.39 is 5.92 Å². The molecule has 1 saturated heterocycles. The first kappa shape index (κ1) is 12.1. The van der Waals surface area contributed by atoms with E-state index in [1.54, 1.807) is 29.2 Å². The van der Waals surface area contributed by atoms with Gasteiger partial charge in [0, 0.05) is 25.2 Å². The molecule has 2 N–H and O–H groups in total. The van der Waals surface area contributed by atoms with E-state index in [0.29, 0.717) is 31.1 Å². The smallest absolute Gasteiger partial charge is 0.261 e. The van der Waals surface area contributed by atoms with Crippen molar-refractivity contribution in [3.63, 3.8) is 0 Å². The second-order valence-electron chi connectivity index (χ2n) is 4.30. The number of hydrogen-bond donors (Lipinski definition) is 1. The zero-order chi connectivity index (χ0) is 12.3. The molecule has 1 aromatic carbocycles. The van der Waals surface area contributed by atoms with Crippen LogP contribution < -0.4 is 10.5 Å². The van der Waals surface area contributed by atoms with Crippen molar-refractivity contribution in [1.82, 2.24) is 4.90 Å². The fourth-order valence-corrected chi connectivity index (χ4v) is 1.85. The molecule has 0 radical (unpaired) electrons. The Morgan fingerprint density at radius 2 is 2.00 bits per heavy atom. The molecule has 1 aromatic rings. The highest BCUT2D eigenvalue weighted by Gasteiger charge is 2.37. The molecule has 1 aliphatic rings. The first-order valence-electron chi connectivity index (χ1n) is 5.64. The van der Waals surface area contributed by atoms with Crippen LogP contribution in [0, 0.1) is 0 Å². The van der Waals surface area contributed by atoms with Gasteiger partial charge in [0.15, 0.2) is 0 Å². The molecule has 94 valence electrons. The van der Waals surface area contributed by atoms with Crippen molar-refractivity contribution in [2.45, 2.75) is 12.3 Å². The fraction of sp³-hybridized carbons (Fsp3) is 0.500. The topological polar surface area (TPSA) is 38.5 Å². The SMILES string of the molecule is Nc1ccc(OCCN2CCC(F)(F)C2)cc1. The molecule has 5 heteroatoms. The third kappa shape index (κ3) is 3.56. The molecule has 1 heterocycles. The summed E-state index contributed by atoms with van der Waals surface area (Å²) < 4.78 is 31.2. The maximum atomic E-state index is 12.9. The largest absolute Gasteiger partial charge is 0.492 e. The van der Waals surface area contributed by atoms with E-state index in [2.05, 4.69) is 0 Å². The summed E-state index contributed by atoms with van der Waals surface area (Å²) in [5.74, 6) is -1.81. The van der Waals surface area contributed by atoms with Gasteiger partial charge in [-0.3, -0.25) is 4.90 Å². The van der Waals surface area contributed by atoms with Crippen molar-refractivity contribution >= 4 is 5.69 Å². The minimum atomic E-state index is -2.53. The van der Waals surface area contributed by atoms with Gasteiger partial charge in [0.25, 0.3) is 5.92 Å². The second-order valence-corrected chi connectivity index (χ2v) is 4.30. The van der Waals surface area contributed by atoms with Gasteiger partial charge in [0.05, 0.1) is 6.54 Å². The molecule has 0 saturated carbocycles. The van der Waals surface area contributed by atoms with E-state index in [1.165, 1.54) is 0 Å². The van der Waals surface area contributed by atoms with E-state index in [0.717, 1.165) is 0 Å². The molecule has 0 aliphatic carbocycles. The molecule has 3 nitrogen and oxygen atoms in total. The molecule has 0 unspecified atom stereocenters. The predicted molar refractivity (Wildman–Crippen MR) is 62.4 cm³/mol. The van der Waals surface area contributed by atoms with Gasteiger partial charge in [-0.25, -0.2) is 8.78 Å². The van der Waals surface area contributed by atoms with Gasteiger partial charge in [-0.1, -0.05) is 0 Å². The van der Waals surface area contributed by atoms with Crippen molar-refractivity contribution in [1.29, 1.82) is 0 Å². The second kappa shape index (κ2) is 4.87. The molecular formula is C12H16F2N2O. The zero-order valence-corrected chi connectivity index (χ0v) is 9.53. The Labute approximate surface area is 99.2 Å². The van der Waals surface area contributed by atoms with Crippen molar-refractivity contribution in [2.24, 2.45) is 0 Å². The molecular weight excluding hydrogens is 226 g/mol. The Morgan fingerprint density at radius 1 is 1.29 bits per heavy atom. The summed E-state index contributed by atoms with van der Waals surface area (Å²) in [5, 5.41) is 0. The minimum absolute atomic E-state index is 0.0468. The van der Waals surface area contributed by atoms with Crippen molar-refractivity contribution < 1.29 is 13.5 Å². The number of benzene rings is 1. The van der Waals surface area contributed by atoms with Gasteiger partial charge >= 0.3 is 0 Å². The summed E-state index contributed by atoms with van der Waals surface area (Å²) in [6.45, 7) is 1.23. The van der Waals surface area contributed by atoms with Crippen LogP contribution in [0.15, 0.2) is 24.3 Å². The van der Waals surface area contributed by atoms with E-state index in [4.69, 9.17) is 10.5 Å². The van der Waals surface area contributed by atoms with Crippen LogP contribution in [0.3, 0.4) is 0 Å². The molecule has 0 bridgehead atoms. The Morgan fingerprint density at radius 3 is 2.59 bits per heavy atom. The van der Waals surface area contributed by atoms with Crippen LogP contribution in [0.25, 0.3) is 0 Å². The van der Waals surface area contributed by atoms with Crippen LogP contribution in [0.5, 0.6) is 5.75 Å². The fourth-order valence-electron chi connectivity index (χ4n) is 1.85. The Balaban J connectivity index is 1.71. The Kier molecular flexibility index (Phi) is 3.47. The third-order valence-electron chi connectivity index (χ3n) is 2.81. The molecule has 1 aliphatic heterocycles. The summed E-state index contributed by atoms with van der Waals surface area (Å²) in [7, 11) is 0. The van der Waals surface area contributed by atoms with Crippen LogP contribution in [0.2, 0.25) is 0 Å². The van der Waals surface area contributed by atoms with Crippen molar-refractivity contribution in [3.05, 3.63) is 24.3 Å². The normalized spacial score (nSPS) is 19.4. The average molecular weight is 242 g/mol. The van der Waals surface area contributed by atoms with E-state index in [1.807, 2.05) is 0 Å². The van der Waals surface area contributed by atoms with Crippen LogP contribution in [-0.4, -0.2) is 37.1 Å². The predicted octanol–water partition coefficient (Wildman–Crippen LogP) is 1.99. The monoisotopic (exact) mass is 242 g/mol. The molecule has 0 spiro atoms. The molecule has 0 amide bonds. The van der Waals surface area contributed by atoms with Crippen LogP contribution in [0.1, 0.15) is 6.42 Å². The van der Waals surface area contributed by atoms with Gasteiger partial charge in [-0.2, -0.15) is 0 Å². The lowest BCUT2D eigenvalue weighted by atomic mass is 10.3. The number of likely N-dealkylation sites (tertiary alicyclic amines) is 1. The molecule has 0 atom stereocenters. The lowest BCUT2D eigenvalue weighted by Crippen LogP contribution is -2.29. The lowest BCUT2D eigenvalue weighted by Gasteiger charge is -2.15. The molecule has 2 rings (SSSR count). The van der Waals surface area contributed by atoms with E-state index >= 15 is 0 Å². The standard InChI is InChI=1S/C12H16F2N2O/c13-12(14)5-6-16(9-12)7-8-17-11-3-1-10(15)2-4-11/h1-4H,5-9,15H2. The number of nitrogens with two attached hydrogens (primary N) is 1. The quantitative estimate of drug-likeness (QED) is 0.821. The first-order valence-corrected chi connectivity index (χ1v) is 5.64. The molecule has 1 fully saturated rings. The average Bonchev–Trinajstić information content (AvgIpc) is 2.61. The maximum absolute atomic E-state index is 12.9. The number of anilines is 1. The van der Waals surface area contributed by atoms with Gasteiger partial charge in [0.2, 0.25) is 0 Å². The Hall–Kier alpha value is -1.36. The van der Waals surface area contributed by atoms with Gasteiger partial charge in [-0.15, -0.1) is 0 Å². The number of rotatable bonds is 4. The van der Waals surface area contributed by atoms with Gasteiger partial charge in [-0.05, 0) is 24.3 Å². The summed E-state index contributed by atoms with van der Waals surface area (Å²) in [6.07, 6.45) is -0.0468. The summed E-state index contributed by atoms with van der Waals surface area (Å²) >= 11 is 0. The van der Waals surface area contributed by atoms with E-state index in [-0.39, 0.29) is 13.0 Å². The van der Waals surface area contributed by atoms with Crippen LogP contribution in [-0.2, 0) is 0 Å². The van der Waals surface area contributed by atoms with Gasteiger partial charge in [0.1, 0.15) is 12.4 Å². The highest BCUT2D eigenvalue weighted by atomic mass is 19.3. The molecule has 17 heavy (non-hydrogen) atoms. The lowest BCUT2D eigenvalue weighted by molar-refractivity contribution is 0.0113. The van der Waals surface area contributed by atoms with Gasteiger partial charge < -0.3 is 10.5 Å². The zero-order valence-electron chi connectivity index (χ0n) is 9.53.